The first-order chi connectivity index (χ1) is 14.1. The fourth-order valence-electron chi connectivity index (χ4n) is 4.11. The standard InChI is InChI=1S/C21H28N6O2.ClH/c1-14-24-19(26-25-14)16-6-8-17(9-7-16)21(29)27-11-3-4-15(13-27)12-23-20(28)18-5-2-10-22-18;/h6-9,15,18,22H,2-5,10-13H2,1H3,(H,23,28)(H,24,25,26);1H. The summed E-state index contributed by atoms with van der Waals surface area (Å²) in [6.07, 6.45) is 3.96. The first-order valence-corrected chi connectivity index (χ1v) is 10.4. The van der Waals surface area contributed by atoms with Crippen molar-refractivity contribution in [1.82, 2.24) is 30.7 Å². The van der Waals surface area contributed by atoms with Gasteiger partial charge in [-0.1, -0.05) is 12.1 Å². The van der Waals surface area contributed by atoms with E-state index in [1.165, 1.54) is 0 Å². The third kappa shape index (κ3) is 5.17. The van der Waals surface area contributed by atoms with Crippen LogP contribution in [0.4, 0.5) is 0 Å². The van der Waals surface area contributed by atoms with Gasteiger partial charge in [-0.2, -0.15) is 5.10 Å². The summed E-state index contributed by atoms with van der Waals surface area (Å²) in [6, 6.07) is 7.38. The molecule has 0 saturated carbocycles. The zero-order chi connectivity index (χ0) is 20.2. The number of benzene rings is 1. The van der Waals surface area contributed by atoms with Crippen molar-refractivity contribution in [3.05, 3.63) is 35.7 Å². The average molecular weight is 433 g/mol. The minimum Gasteiger partial charge on any atom is -0.354 e. The maximum Gasteiger partial charge on any atom is 0.253 e. The summed E-state index contributed by atoms with van der Waals surface area (Å²) in [7, 11) is 0. The van der Waals surface area contributed by atoms with Crippen LogP contribution in [0.1, 0.15) is 41.9 Å². The monoisotopic (exact) mass is 432 g/mol. The highest BCUT2D eigenvalue weighted by atomic mass is 35.5. The molecule has 2 fully saturated rings. The molecule has 0 radical (unpaired) electrons. The molecule has 1 aromatic carbocycles. The van der Waals surface area contributed by atoms with E-state index in [4.69, 9.17) is 0 Å². The number of hydrogen-bond donors (Lipinski definition) is 3. The number of hydrogen-bond acceptors (Lipinski definition) is 5. The van der Waals surface area contributed by atoms with Crippen LogP contribution in [0.5, 0.6) is 0 Å². The lowest BCUT2D eigenvalue weighted by atomic mass is 9.97. The third-order valence-corrected chi connectivity index (χ3v) is 5.74. The number of amides is 2. The van der Waals surface area contributed by atoms with Gasteiger partial charge in [-0.25, -0.2) is 4.98 Å². The second-order valence-corrected chi connectivity index (χ2v) is 7.98. The molecule has 3 N–H and O–H groups in total. The fraction of sp³-hybridized carbons (Fsp3) is 0.524. The number of carbonyl (C=O) groups excluding carboxylic acids is 2. The largest absolute Gasteiger partial charge is 0.354 e. The van der Waals surface area contributed by atoms with Crippen molar-refractivity contribution in [2.24, 2.45) is 5.92 Å². The SMILES string of the molecule is Cc1nc(-c2ccc(C(=O)N3CCCC(CNC(=O)C4CCCN4)C3)cc2)n[nH]1.Cl. The summed E-state index contributed by atoms with van der Waals surface area (Å²) in [4.78, 5) is 31.4. The zero-order valence-electron chi connectivity index (χ0n) is 17.2. The minimum absolute atomic E-state index is 0. The second-order valence-electron chi connectivity index (χ2n) is 7.98. The van der Waals surface area contributed by atoms with Crippen molar-refractivity contribution >= 4 is 24.2 Å². The molecule has 3 heterocycles. The van der Waals surface area contributed by atoms with Gasteiger partial charge in [0.15, 0.2) is 5.82 Å². The maximum atomic E-state index is 12.9. The van der Waals surface area contributed by atoms with Crippen LogP contribution in [0.25, 0.3) is 11.4 Å². The van der Waals surface area contributed by atoms with Crippen LogP contribution < -0.4 is 10.6 Å². The van der Waals surface area contributed by atoms with E-state index in [0.717, 1.165) is 50.2 Å². The van der Waals surface area contributed by atoms with Gasteiger partial charge in [0.2, 0.25) is 5.91 Å². The lowest BCUT2D eigenvalue weighted by Gasteiger charge is -2.33. The van der Waals surface area contributed by atoms with Crippen molar-refractivity contribution in [2.45, 2.75) is 38.6 Å². The van der Waals surface area contributed by atoms with Crippen LogP contribution in [0.15, 0.2) is 24.3 Å². The normalized spacial score (nSPS) is 21.2. The Hall–Kier alpha value is -2.45. The van der Waals surface area contributed by atoms with E-state index >= 15 is 0 Å². The van der Waals surface area contributed by atoms with Gasteiger partial charge in [-0.15, -0.1) is 12.4 Å². The molecule has 162 valence electrons. The fourth-order valence-corrected chi connectivity index (χ4v) is 4.11. The van der Waals surface area contributed by atoms with Crippen molar-refractivity contribution < 1.29 is 9.59 Å². The lowest BCUT2D eigenvalue weighted by molar-refractivity contribution is -0.123. The molecular weight excluding hydrogens is 404 g/mol. The molecule has 4 rings (SSSR count). The third-order valence-electron chi connectivity index (χ3n) is 5.74. The highest BCUT2D eigenvalue weighted by Crippen LogP contribution is 2.20. The summed E-state index contributed by atoms with van der Waals surface area (Å²) >= 11 is 0. The highest BCUT2D eigenvalue weighted by molar-refractivity contribution is 5.94. The smallest absolute Gasteiger partial charge is 0.253 e. The van der Waals surface area contributed by atoms with E-state index in [1.54, 1.807) is 0 Å². The van der Waals surface area contributed by atoms with Crippen LogP contribution in [-0.2, 0) is 4.79 Å². The first-order valence-electron chi connectivity index (χ1n) is 10.4. The molecule has 1 aromatic heterocycles. The van der Waals surface area contributed by atoms with E-state index in [-0.39, 0.29) is 30.3 Å². The van der Waals surface area contributed by atoms with Crippen LogP contribution in [0, 0.1) is 12.8 Å². The molecule has 2 saturated heterocycles. The van der Waals surface area contributed by atoms with Gasteiger partial charge < -0.3 is 15.5 Å². The number of likely N-dealkylation sites (tertiary alicyclic amines) is 1. The van der Waals surface area contributed by atoms with Crippen molar-refractivity contribution in [2.75, 3.05) is 26.2 Å². The molecule has 30 heavy (non-hydrogen) atoms. The van der Waals surface area contributed by atoms with E-state index in [2.05, 4.69) is 25.8 Å². The van der Waals surface area contributed by atoms with Crippen LogP contribution in [0.2, 0.25) is 0 Å². The van der Waals surface area contributed by atoms with E-state index in [1.807, 2.05) is 36.1 Å². The zero-order valence-corrected chi connectivity index (χ0v) is 18.0. The molecule has 2 aliphatic heterocycles. The second kappa shape index (κ2) is 10.0. The molecule has 2 atom stereocenters. The number of halogens is 1. The molecule has 0 bridgehead atoms. The van der Waals surface area contributed by atoms with E-state index in [9.17, 15) is 9.59 Å². The summed E-state index contributed by atoms with van der Waals surface area (Å²) in [6.45, 7) is 4.84. The summed E-state index contributed by atoms with van der Waals surface area (Å²) < 4.78 is 0. The molecule has 0 spiro atoms. The number of aromatic nitrogens is 3. The van der Waals surface area contributed by atoms with Crippen molar-refractivity contribution in [1.29, 1.82) is 0 Å². The van der Waals surface area contributed by atoms with E-state index in [0.29, 0.717) is 30.4 Å². The number of aryl methyl sites for hydroxylation is 1. The van der Waals surface area contributed by atoms with Crippen molar-refractivity contribution in [3.8, 4) is 11.4 Å². The number of nitrogens with zero attached hydrogens (tertiary/aromatic N) is 3. The number of aromatic amines is 1. The number of rotatable bonds is 5. The van der Waals surface area contributed by atoms with Gasteiger partial charge in [-0.3, -0.25) is 14.7 Å². The van der Waals surface area contributed by atoms with Gasteiger partial charge in [-0.05, 0) is 57.2 Å². The lowest BCUT2D eigenvalue weighted by Crippen LogP contribution is -2.46. The quantitative estimate of drug-likeness (QED) is 0.669. The van der Waals surface area contributed by atoms with Crippen molar-refractivity contribution in [3.63, 3.8) is 0 Å². The minimum atomic E-state index is -0.0531. The van der Waals surface area contributed by atoms with Gasteiger partial charge in [0.1, 0.15) is 5.82 Å². The maximum absolute atomic E-state index is 12.9. The predicted molar refractivity (Wildman–Crippen MR) is 116 cm³/mol. The van der Waals surface area contributed by atoms with Gasteiger partial charge in [0.25, 0.3) is 5.91 Å². The topological polar surface area (TPSA) is 103 Å². The van der Waals surface area contributed by atoms with Gasteiger partial charge in [0, 0.05) is 30.8 Å². The number of nitrogens with one attached hydrogen (secondary N) is 3. The number of piperidine rings is 1. The number of H-pyrrole nitrogens is 1. The Bertz CT molecular complexity index is 863. The molecule has 2 unspecified atom stereocenters. The van der Waals surface area contributed by atoms with Gasteiger partial charge in [0.05, 0.1) is 6.04 Å². The van der Waals surface area contributed by atoms with E-state index < -0.39 is 0 Å². The summed E-state index contributed by atoms with van der Waals surface area (Å²) in [5, 5.41) is 13.3. The Kier molecular flexibility index (Phi) is 7.44. The first kappa shape index (κ1) is 22.2. The average Bonchev–Trinajstić information content (AvgIpc) is 3.44. The Morgan fingerprint density at radius 3 is 2.67 bits per heavy atom. The molecule has 2 aliphatic rings. The van der Waals surface area contributed by atoms with Crippen LogP contribution in [-0.4, -0.2) is 64.1 Å². The summed E-state index contributed by atoms with van der Waals surface area (Å²) in [5.74, 6) is 1.82. The molecule has 8 nitrogen and oxygen atoms in total. The molecule has 9 heteroatoms. The number of carbonyl (C=O) groups is 2. The highest BCUT2D eigenvalue weighted by Gasteiger charge is 2.27. The van der Waals surface area contributed by atoms with Crippen LogP contribution in [0.3, 0.4) is 0 Å². The molecular formula is C21H29ClN6O2. The Morgan fingerprint density at radius 2 is 2.00 bits per heavy atom. The molecule has 2 aromatic rings. The molecule has 0 aliphatic carbocycles. The molecule has 2 amide bonds. The Morgan fingerprint density at radius 1 is 1.20 bits per heavy atom. The van der Waals surface area contributed by atoms with Gasteiger partial charge >= 0.3 is 0 Å². The van der Waals surface area contributed by atoms with Crippen LogP contribution >= 0.6 is 12.4 Å². The Labute approximate surface area is 182 Å². The Balaban J connectivity index is 0.00000256. The predicted octanol–water partition coefficient (Wildman–Crippen LogP) is 1.92. The summed E-state index contributed by atoms with van der Waals surface area (Å²) in [5.41, 5.74) is 1.55.